The van der Waals surface area contributed by atoms with Crippen molar-refractivity contribution in [1.82, 2.24) is 4.31 Å². The van der Waals surface area contributed by atoms with Gasteiger partial charge < -0.3 is 5.73 Å². The Morgan fingerprint density at radius 1 is 1.43 bits per heavy atom. The Morgan fingerprint density at radius 2 is 2.14 bits per heavy atom. The van der Waals surface area contributed by atoms with Crippen molar-refractivity contribution in [3.8, 4) is 0 Å². The van der Waals surface area contributed by atoms with Gasteiger partial charge in [-0.3, -0.25) is 0 Å². The summed E-state index contributed by atoms with van der Waals surface area (Å²) in [5.74, 6) is 0.846. The van der Waals surface area contributed by atoms with Crippen LogP contribution in [-0.4, -0.2) is 36.3 Å². The van der Waals surface area contributed by atoms with E-state index in [4.69, 9.17) is 5.73 Å². The number of thioether (sulfide) groups is 1. The first-order chi connectivity index (χ1) is 9.87. The lowest BCUT2D eigenvalue weighted by atomic mass is 10.1. The van der Waals surface area contributed by atoms with Crippen LogP contribution >= 0.6 is 11.8 Å². The van der Waals surface area contributed by atoms with E-state index in [0.717, 1.165) is 17.7 Å². The predicted molar refractivity (Wildman–Crippen MR) is 88.9 cm³/mol. The lowest BCUT2D eigenvalue weighted by molar-refractivity contribution is 0.340. The molecule has 0 amide bonds. The van der Waals surface area contributed by atoms with Crippen molar-refractivity contribution in [2.75, 3.05) is 12.3 Å². The van der Waals surface area contributed by atoms with Gasteiger partial charge in [0.15, 0.2) is 0 Å². The topological polar surface area (TPSA) is 63.4 Å². The average molecular weight is 329 g/mol. The molecule has 0 aromatic heterocycles. The van der Waals surface area contributed by atoms with Gasteiger partial charge in [0.05, 0.1) is 4.90 Å². The van der Waals surface area contributed by atoms with Crippen molar-refractivity contribution < 1.29 is 8.42 Å². The highest BCUT2D eigenvalue weighted by Crippen LogP contribution is 2.30. The zero-order valence-electron chi connectivity index (χ0n) is 12.8. The second-order valence-corrected chi connectivity index (χ2v) is 8.90. The van der Waals surface area contributed by atoms with Crippen molar-refractivity contribution in [3.63, 3.8) is 0 Å². The minimum Gasteiger partial charge on any atom is -0.324 e. The van der Waals surface area contributed by atoms with Crippen molar-refractivity contribution in [3.05, 3.63) is 29.8 Å². The normalized spacial score (nSPS) is 25.7. The van der Waals surface area contributed by atoms with E-state index in [2.05, 4.69) is 6.92 Å². The van der Waals surface area contributed by atoms with Gasteiger partial charge in [0.2, 0.25) is 10.0 Å². The molecule has 21 heavy (non-hydrogen) atoms. The summed E-state index contributed by atoms with van der Waals surface area (Å²) >= 11 is 1.83. The molecule has 0 radical (unpaired) electrons. The molecular formula is C15H24N2O2S2. The molecule has 1 saturated heterocycles. The molecule has 118 valence electrons. The molecule has 2 N–H and O–H groups in total. The first kappa shape index (κ1) is 16.8. The molecule has 1 aromatic rings. The first-order valence-electron chi connectivity index (χ1n) is 7.37. The maximum absolute atomic E-state index is 12.9. The van der Waals surface area contributed by atoms with E-state index in [1.165, 1.54) is 0 Å². The van der Waals surface area contributed by atoms with Crippen LogP contribution in [-0.2, 0) is 10.0 Å². The van der Waals surface area contributed by atoms with Gasteiger partial charge in [0, 0.05) is 29.6 Å². The van der Waals surface area contributed by atoms with Crippen LogP contribution in [0, 0.1) is 0 Å². The summed E-state index contributed by atoms with van der Waals surface area (Å²) in [6.07, 6.45) is 0.789. The van der Waals surface area contributed by atoms with Gasteiger partial charge in [-0.15, -0.1) is 0 Å². The molecule has 0 bridgehead atoms. The largest absolute Gasteiger partial charge is 0.324 e. The fraction of sp³-hybridized carbons (Fsp3) is 0.600. The third-order valence-electron chi connectivity index (χ3n) is 4.16. The number of sulfonamides is 1. The highest BCUT2D eigenvalue weighted by Gasteiger charge is 2.35. The van der Waals surface area contributed by atoms with E-state index in [9.17, 15) is 8.42 Å². The Hall–Kier alpha value is -0.560. The second kappa shape index (κ2) is 6.69. The summed E-state index contributed by atoms with van der Waals surface area (Å²) < 4.78 is 27.4. The number of rotatable bonds is 4. The molecule has 1 aliphatic rings. The number of hydrogen-bond donors (Lipinski definition) is 1. The Balaban J connectivity index is 2.35. The van der Waals surface area contributed by atoms with Gasteiger partial charge in [0.1, 0.15) is 0 Å². The van der Waals surface area contributed by atoms with Crippen LogP contribution in [0.5, 0.6) is 0 Å². The minimum atomic E-state index is -3.44. The van der Waals surface area contributed by atoms with Gasteiger partial charge in [-0.1, -0.05) is 26.0 Å². The van der Waals surface area contributed by atoms with Gasteiger partial charge in [-0.05, 0) is 31.0 Å². The lowest BCUT2D eigenvalue weighted by Crippen LogP contribution is -2.47. The molecular weight excluding hydrogens is 304 g/mol. The van der Waals surface area contributed by atoms with Crippen molar-refractivity contribution in [2.24, 2.45) is 5.73 Å². The molecule has 3 atom stereocenters. The quantitative estimate of drug-likeness (QED) is 0.923. The molecule has 1 aromatic carbocycles. The van der Waals surface area contributed by atoms with Crippen LogP contribution < -0.4 is 5.73 Å². The third-order valence-corrected chi connectivity index (χ3v) is 7.48. The Labute approximate surface area is 132 Å². The average Bonchev–Trinajstić information content (AvgIpc) is 2.49. The van der Waals surface area contributed by atoms with Crippen LogP contribution in [0.15, 0.2) is 29.2 Å². The molecule has 6 heteroatoms. The third kappa shape index (κ3) is 3.44. The number of benzene rings is 1. The second-order valence-electron chi connectivity index (χ2n) is 5.52. The van der Waals surface area contributed by atoms with E-state index < -0.39 is 10.0 Å². The standard InChI is InChI=1S/C15H24N2O2S2/c1-4-15(16)13-6-5-7-14(10-13)21(18,19)17-8-9-20-12(3)11(17)2/h5-7,10-12,15H,4,8-9,16H2,1-3H3. The summed E-state index contributed by atoms with van der Waals surface area (Å²) in [4.78, 5) is 0.356. The number of nitrogens with zero attached hydrogens (tertiary/aromatic N) is 1. The molecule has 1 fully saturated rings. The van der Waals surface area contributed by atoms with Gasteiger partial charge >= 0.3 is 0 Å². The molecule has 4 nitrogen and oxygen atoms in total. The molecule has 2 rings (SSSR count). The van der Waals surface area contributed by atoms with E-state index in [-0.39, 0.29) is 12.1 Å². The molecule has 1 heterocycles. The highest BCUT2D eigenvalue weighted by molar-refractivity contribution is 8.00. The van der Waals surface area contributed by atoms with Gasteiger partial charge in [-0.2, -0.15) is 16.1 Å². The summed E-state index contributed by atoms with van der Waals surface area (Å²) in [5.41, 5.74) is 6.90. The molecule has 1 aliphatic heterocycles. The zero-order chi connectivity index (χ0) is 15.6. The van der Waals surface area contributed by atoms with Crippen LogP contribution in [0.25, 0.3) is 0 Å². The fourth-order valence-corrected chi connectivity index (χ4v) is 5.57. The van der Waals surface area contributed by atoms with E-state index in [0.29, 0.717) is 16.7 Å². The van der Waals surface area contributed by atoms with Gasteiger partial charge in [-0.25, -0.2) is 8.42 Å². The molecule has 0 aliphatic carbocycles. The van der Waals surface area contributed by atoms with E-state index >= 15 is 0 Å². The van der Waals surface area contributed by atoms with Gasteiger partial charge in [0.25, 0.3) is 0 Å². The monoisotopic (exact) mass is 328 g/mol. The Morgan fingerprint density at radius 3 is 2.81 bits per heavy atom. The zero-order valence-corrected chi connectivity index (χ0v) is 14.5. The molecule has 3 unspecified atom stereocenters. The van der Waals surface area contributed by atoms with Crippen molar-refractivity contribution >= 4 is 21.8 Å². The van der Waals surface area contributed by atoms with Crippen LogP contribution in [0.3, 0.4) is 0 Å². The SMILES string of the molecule is CCC(N)c1cccc(S(=O)(=O)N2CCSC(C)C2C)c1. The molecule has 0 spiro atoms. The van der Waals surface area contributed by atoms with Crippen molar-refractivity contribution in [1.29, 1.82) is 0 Å². The Kier molecular flexibility index (Phi) is 5.35. The summed E-state index contributed by atoms with van der Waals surface area (Å²) in [6.45, 7) is 6.64. The molecule has 0 saturated carbocycles. The first-order valence-corrected chi connectivity index (χ1v) is 9.85. The van der Waals surface area contributed by atoms with Crippen molar-refractivity contribution in [2.45, 2.75) is 49.4 Å². The number of hydrogen-bond acceptors (Lipinski definition) is 4. The van der Waals surface area contributed by atoms with E-state index in [1.54, 1.807) is 22.5 Å². The summed E-state index contributed by atoms with van der Waals surface area (Å²) in [6, 6.07) is 6.96. The van der Waals surface area contributed by atoms with Crippen LogP contribution in [0.4, 0.5) is 0 Å². The number of nitrogens with two attached hydrogens (primary N) is 1. The van der Waals surface area contributed by atoms with E-state index in [1.807, 2.05) is 31.7 Å². The lowest BCUT2D eigenvalue weighted by Gasteiger charge is -2.36. The fourth-order valence-electron chi connectivity index (χ4n) is 2.52. The smallest absolute Gasteiger partial charge is 0.243 e. The Bertz CT molecular complexity index is 589. The van der Waals surface area contributed by atoms with Crippen LogP contribution in [0.1, 0.15) is 38.8 Å². The summed E-state index contributed by atoms with van der Waals surface area (Å²) in [5, 5.41) is 0.314. The maximum Gasteiger partial charge on any atom is 0.243 e. The van der Waals surface area contributed by atoms with Crippen LogP contribution in [0.2, 0.25) is 0 Å². The maximum atomic E-state index is 12.9. The predicted octanol–water partition coefficient (Wildman–Crippen LogP) is 2.61. The summed E-state index contributed by atoms with van der Waals surface area (Å²) in [7, 11) is -3.44. The minimum absolute atomic E-state index is 0.0113. The highest BCUT2D eigenvalue weighted by atomic mass is 32.2.